The van der Waals surface area contributed by atoms with Crippen LogP contribution in [0, 0.1) is 5.82 Å². The number of benzene rings is 1. The maximum Gasteiger partial charge on any atom is 0.273 e. The molecular formula is C20H21BrFN3O. The van der Waals surface area contributed by atoms with Gasteiger partial charge in [-0.3, -0.25) is 9.89 Å². The number of aromatic amines is 1. The first kappa shape index (κ1) is 17.5. The highest BCUT2D eigenvalue weighted by Gasteiger charge is 2.20. The molecule has 3 aromatic rings. The number of rotatable bonds is 3. The van der Waals surface area contributed by atoms with Gasteiger partial charge in [-0.15, -0.1) is 0 Å². The number of aryl methyl sites for hydroxylation is 1. The van der Waals surface area contributed by atoms with E-state index in [1.807, 2.05) is 19.1 Å². The number of nitrogens with one attached hydrogen (secondary N) is 1. The lowest BCUT2D eigenvalue weighted by Gasteiger charge is -2.22. The molecule has 0 amide bonds. The summed E-state index contributed by atoms with van der Waals surface area (Å²) in [5, 5.41) is 2.97. The van der Waals surface area contributed by atoms with E-state index in [0.717, 1.165) is 35.0 Å². The predicted molar refractivity (Wildman–Crippen MR) is 104 cm³/mol. The number of hydrogen-bond donors (Lipinski definition) is 1. The van der Waals surface area contributed by atoms with Crippen LogP contribution in [0.1, 0.15) is 56.1 Å². The molecule has 4 rings (SSSR count). The molecule has 0 saturated heterocycles. The predicted octanol–water partition coefficient (Wildman–Crippen LogP) is 5.20. The Bertz CT molecular complexity index is 1020. The summed E-state index contributed by atoms with van der Waals surface area (Å²) in [6.07, 6.45) is 6.43. The van der Waals surface area contributed by atoms with Gasteiger partial charge >= 0.3 is 0 Å². The van der Waals surface area contributed by atoms with Gasteiger partial charge < -0.3 is 0 Å². The van der Waals surface area contributed by atoms with Crippen molar-refractivity contribution in [3.05, 3.63) is 56.2 Å². The molecule has 4 nitrogen and oxygen atoms in total. The molecule has 0 spiro atoms. The van der Waals surface area contributed by atoms with Crippen LogP contribution in [-0.2, 0) is 6.42 Å². The molecule has 2 heterocycles. The SMILES string of the molecule is CCc1c(Br)[nH]n2c(=O)cc(-c3ccc(C4CCCCC4)c(F)c3)nc12. The third-order valence-electron chi connectivity index (χ3n) is 5.36. The Balaban J connectivity index is 1.77. The summed E-state index contributed by atoms with van der Waals surface area (Å²) in [5.74, 6) is 0.119. The van der Waals surface area contributed by atoms with E-state index in [1.54, 1.807) is 0 Å². The molecule has 26 heavy (non-hydrogen) atoms. The van der Waals surface area contributed by atoms with E-state index in [0.29, 0.717) is 22.8 Å². The topological polar surface area (TPSA) is 50.2 Å². The van der Waals surface area contributed by atoms with E-state index in [4.69, 9.17) is 0 Å². The van der Waals surface area contributed by atoms with Crippen LogP contribution in [0.5, 0.6) is 0 Å². The number of nitrogens with zero attached hydrogens (tertiary/aromatic N) is 2. The summed E-state index contributed by atoms with van der Waals surface area (Å²) in [6, 6.07) is 6.73. The van der Waals surface area contributed by atoms with E-state index in [1.165, 1.54) is 35.9 Å². The lowest BCUT2D eigenvalue weighted by atomic mass is 9.83. The van der Waals surface area contributed by atoms with E-state index < -0.39 is 0 Å². The van der Waals surface area contributed by atoms with Gasteiger partial charge in [-0.1, -0.05) is 38.3 Å². The second-order valence-corrected chi connectivity index (χ2v) is 7.76. The van der Waals surface area contributed by atoms with Crippen LogP contribution in [-0.4, -0.2) is 14.6 Å². The third kappa shape index (κ3) is 3.00. The molecule has 2 aromatic heterocycles. The zero-order chi connectivity index (χ0) is 18.3. The summed E-state index contributed by atoms with van der Waals surface area (Å²) in [7, 11) is 0. The van der Waals surface area contributed by atoms with E-state index in [2.05, 4.69) is 26.0 Å². The average Bonchev–Trinajstić information content (AvgIpc) is 2.98. The summed E-state index contributed by atoms with van der Waals surface area (Å²) < 4.78 is 16.9. The Morgan fingerprint density at radius 2 is 2.04 bits per heavy atom. The third-order valence-corrected chi connectivity index (χ3v) is 6.01. The fraction of sp³-hybridized carbons (Fsp3) is 0.400. The van der Waals surface area contributed by atoms with Crippen molar-refractivity contribution in [1.29, 1.82) is 0 Å². The minimum Gasteiger partial charge on any atom is -0.282 e. The zero-order valence-electron chi connectivity index (χ0n) is 14.7. The van der Waals surface area contributed by atoms with E-state index >= 15 is 0 Å². The molecule has 1 aromatic carbocycles. The van der Waals surface area contributed by atoms with Crippen molar-refractivity contribution in [2.75, 3.05) is 0 Å². The van der Waals surface area contributed by atoms with E-state index in [-0.39, 0.29) is 11.4 Å². The Morgan fingerprint density at radius 1 is 1.27 bits per heavy atom. The Morgan fingerprint density at radius 3 is 2.73 bits per heavy atom. The smallest absolute Gasteiger partial charge is 0.273 e. The summed E-state index contributed by atoms with van der Waals surface area (Å²) in [6.45, 7) is 2.01. The molecule has 0 radical (unpaired) electrons. The standard InChI is InChI=1S/C20H21BrFN3O/c1-2-14-19(21)24-25-18(26)11-17(23-20(14)25)13-8-9-15(16(22)10-13)12-6-4-3-5-7-12/h8-12,24H,2-7H2,1H3. The molecule has 0 bridgehead atoms. The maximum absolute atomic E-state index is 14.8. The van der Waals surface area contributed by atoms with Gasteiger partial charge in [0.2, 0.25) is 0 Å². The van der Waals surface area contributed by atoms with Crippen LogP contribution in [0.3, 0.4) is 0 Å². The molecule has 1 saturated carbocycles. The second kappa shape index (κ2) is 6.99. The fourth-order valence-corrected chi connectivity index (χ4v) is 4.58. The monoisotopic (exact) mass is 417 g/mol. The molecule has 1 aliphatic rings. The number of halogens is 2. The molecule has 1 fully saturated rings. The van der Waals surface area contributed by atoms with Crippen molar-refractivity contribution in [3.63, 3.8) is 0 Å². The molecule has 1 aliphatic carbocycles. The van der Waals surface area contributed by atoms with Crippen molar-refractivity contribution in [1.82, 2.24) is 14.6 Å². The molecule has 1 N–H and O–H groups in total. The van der Waals surface area contributed by atoms with E-state index in [9.17, 15) is 9.18 Å². The molecule has 0 aliphatic heterocycles. The van der Waals surface area contributed by atoms with Gasteiger partial charge in [0.15, 0.2) is 5.65 Å². The first-order chi connectivity index (χ1) is 12.6. The van der Waals surface area contributed by atoms with Crippen LogP contribution in [0.4, 0.5) is 4.39 Å². The minimum absolute atomic E-state index is 0.192. The van der Waals surface area contributed by atoms with Gasteiger partial charge in [-0.25, -0.2) is 13.9 Å². The first-order valence-electron chi connectivity index (χ1n) is 9.18. The number of H-pyrrole nitrogens is 1. The number of fused-ring (bicyclic) bond motifs is 1. The largest absolute Gasteiger partial charge is 0.282 e. The van der Waals surface area contributed by atoms with Crippen LogP contribution < -0.4 is 5.56 Å². The van der Waals surface area contributed by atoms with Crippen molar-refractivity contribution in [2.45, 2.75) is 51.4 Å². The van der Waals surface area contributed by atoms with Crippen molar-refractivity contribution < 1.29 is 4.39 Å². The molecule has 0 atom stereocenters. The zero-order valence-corrected chi connectivity index (χ0v) is 16.3. The van der Waals surface area contributed by atoms with Gasteiger partial charge in [0.25, 0.3) is 5.56 Å². The summed E-state index contributed by atoms with van der Waals surface area (Å²) in [5.41, 5.74) is 3.25. The Labute approximate surface area is 159 Å². The Hall–Kier alpha value is -1.95. The van der Waals surface area contributed by atoms with Crippen molar-refractivity contribution >= 4 is 21.6 Å². The van der Waals surface area contributed by atoms with Gasteiger partial charge in [0, 0.05) is 17.2 Å². The minimum atomic E-state index is -0.206. The fourth-order valence-electron chi connectivity index (χ4n) is 3.95. The molecule has 6 heteroatoms. The van der Waals surface area contributed by atoms with Crippen molar-refractivity contribution in [3.8, 4) is 11.3 Å². The van der Waals surface area contributed by atoms with Gasteiger partial charge in [0.05, 0.1) is 5.69 Å². The van der Waals surface area contributed by atoms with Gasteiger partial charge in [0.1, 0.15) is 10.4 Å². The average molecular weight is 418 g/mol. The summed E-state index contributed by atoms with van der Waals surface area (Å²) in [4.78, 5) is 17.0. The highest BCUT2D eigenvalue weighted by molar-refractivity contribution is 9.10. The lowest BCUT2D eigenvalue weighted by Crippen LogP contribution is -2.14. The molecular weight excluding hydrogens is 397 g/mol. The highest BCUT2D eigenvalue weighted by Crippen LogP contribution is 2.35. The normalized spacial score (nSPS) is 15.7. The molecule has 0 unspecified atom stereocenters. The number of hydrogen-bond acceptors (Lipinski definition) is 2. The van der Waals surface area contributed by atoms with Crippen LogP contribution in [0.2, 0.25) is 0 Å². The lowest BCUT2D eigenvalue weighted by molar-refractivity contribution is 0.430. The van der Waals surface area contributed by atoms with Gasteiger partial charge in [-0.2, -0.15) is 0 Å². The molecule has 136 valence electrons. The first-order valence-corrected chi connectivity index (χ1v) is 9.97. The second-order valence-electron chi connectivity index (χ2n) is 6.97. The van der Waals surface area contributed by atoms with Crippen LogP contribution in [0.25, 0.3) is 16.9 Å². The Kier molecular flexibility index (Phi) is 4.69. The van der Waals surface area contributed by atoms with Crippen LogP contribution in [0.15, 0.2) is 33.7 Å². The number of aromatic nitrogens is 3. The van der Waals surface area contributed by atoms with Crippen molar-refractivity contribution in [2.24, 2.45) is 0 Å². The quantitative estimate of drug-likeness (QED) is 0.636. The highest BCUT2D eigenvalue weighted by atomic mass is 79.9. The summed E-state index contributed by atoms with van der Waals surface area (Å²) >= 11 is 3.43. The van der Waals surface area contributed by atoms with Gasteiger partial charge in [-0.05, 0) is 52.7 Å². The van der Waals surface area contributed by atoms with Crippen LogP contribution >= 0.6 is 15.9 Å². The maximum atomic E-state index is 14.8.